The van der Waals surface area contributed by atoms with Crippen LogP contribution in [0.2, 0.25) is 5.02 Å². The molecular weight excluding hydrogens is 224 g/mol. The van der Waals surface area contributed by atoms with Crippen LogP contribution < -0.4 is 5.32 Å². The number of benzene rings is 1. The number of fused-ring (bicyclic) bond motifs is 1. The van der Waals surface area contributed by atoms with E-state index in [0.717, 1.165) is 6.07 Å². The largest absolute Gasteiger partial charge is 0.313 e. The molecule has 2 rings (SSSR count). The SMILES string of the molecule is O=C1Nc2c([N+](=O)[O-])ccc(Cl)c2C1=O. The standard InChI is InChI=1S/C8H3ClN2O4/c9-3-1-2-4(11(14)15)6-5(3)7(12)8(13)10-6/h1-2H,(H,10,12,13). The fourth-order valence-electron chi connectivity index (χ4n) is 1.35. The van der Waals surface area contributed by atoms with Crippen LogP contribution in [0.25, 0.3) is 0 Å². The number of rotatable bonds is 1. The molecule has 1 aliphatic rings. The van der Waals surface area contributed by atoms with Gasteiger partial charge in [0, 0.05) is 6.07 Å². The zero-order valence-electron chi connectivity index (χ0n) is 7.11. The summed E-state index contributed by atoms with van der Waals surface area (Å²) < 4.78 is 0. The smallest absolute Gasteiger partial charge is 0.297 e. The van der Waals surface area contributed by atoms with Crippen molar-refractivity contribution < 1.29 is 14.5 Å². The van der Waals surface area contributed by atoms with Gasteiger partial charge in [0.05, 0.1) is 15.5 Å². The summed E-state index contributed by atoms with van der Waals surface area (Å²) in [5, 5.41) is 12.7. The highest BCUT2D eigenvalue weighted by Crippen LogP contribution is 2.37. The molecule has 76 valence electrons. The number of halogens is 1. The van der Waals surface area contributed by atoms with Gasteiger partial charge in [-0.15, -0.1) is 0 Å². The Balaban J connectivity index is 2.75. The highest BCUT2D eigenvalue weighted by molar-refractivity contribution is 6.55. The zero-order chi connectivity index (χ0) is 11.2. The van der Waals surface area contributed by atoms with E-state index in [9.17, 15) is 19.7 Å². The molecule has 1 aromatic rings. The van der Waals surface area contributed by atoms with E-state index in [-0.39, 0.29) is 22.0 Å². The number of carbonyl (C=O) groups is 2. The summed E-state index contributed by atoms with van der Waals surface area (Å²) in [7, 11) is 0. The van der Waals surface area contributed by atoms with Crippen LogP contribution in [-0.4, -0.2) is 16.6 Å². The highest BCUT2D eigenvalue weighted by atomic mass is 35.5. The highest BCUT2D eigenvalue weighted by Gasteiger charge is 2.36. The van der Waals surface area contributed by atoms with Gasteiger partial charge in [0.25, 0.3) is 17.4 Å². The lowest BCUT2D eigenvalue weighted by Crippen LogP contribution is -2.12. The number of Topliss-reactive ketones (excluding diaryl/α,β-unsaturated/α-hetero) is 1. The van der Waals surface area contributed by atoms with Gasteiger partial charge in [0.1, 0.15) is 5.69 Å². The van der Waals surface area contributed by atoms with E-state index >= 15 is 0 Å². The maximum Gasteiger partial charge on any atom is 0.297 e. The number of hydrogen-bond donors (Lipinski definition) is 1. The van der Waals surface area contributed by atoms with Crippen molar-refractivity contribution in [3.63, 3.8) is 0 Å². The van der Waals surface area contributed by atoms with Crippen LogP contribution in [0.5, 0.6) is 0 Å². The van der Waals surface area contributed by atoms with E-state index in [1.165, 1.54) is 6.07 Å². The minimum Gasteiger partial charge on any atom is -0.313 e. The molecule has 1 N–H and O–H groups in total. The zero-order valence-corrected chi connectivity index (χ0v) is 7.87. The monoisotopic (exact) mass is 226 g/mol. The molecule has 0 fully saturated rings. The molecule has 1 aromatic carbocycles. The Bertz CT molecular complexity index is 512. The molecule has 0 unspecified atom stereocenters. The predicted molar refractivity (Wildman–Crippen MR) is 51.1 cm³/mol. The Morgan fingerprint density at radius 3 is 2.60 bits per heavy atom. The molecule has 0 aromatic heterocycles. The number of hydrogen-bond acceptors (Lipinski definition) is 4. The molecule has 0 saturated carbocycles. The van der Waals surface area contributed by atoms with Gasteiger partial charge in [-0.3, -0.25) is 19.7 Å². The van der Waals surface area contributed by atoms with Crippen LogP contribution in [0, 0.1) is 10.1 Å². The number of nitro benzene ring substituents is 1. The summed E-state index contributed by atoms with van der Waals surface area (Å²) in [5.74, 6) is -1.75. The lowest BCUT2D eigenvalue weighted by atomic mass is 10.1. The number of amides is 1. The fraction of sp³-hybridized carbons (Fsp3) is 0. The molecule has 1 aliphatic heterocycles. The second kappa shape index (κ2) is 3.03. The van der Waals surface area contributed by atoms with Gasteiger partial charge in [-0.05, 0) is 6.07 Å². The summed E-state index contributed by atoms with van der Waals surface area (Å²) in [6, 6.07) is 2.36. The van der Waals surface area contributed by atoms with E-state index < -0.39 is 16.6 Å². The first-order valence-corrected chi connectivity index (χ1v) is 4.22. The molecule has 1 heterocycles. The third-order valence-corrected chi connectivity index (χ3v) is 2.32. The molecule has 7 heteroatoms. The van der Waals surface area contributed by atoms with Crippen LogP contribution in [0.4, 0.5) is 11.4 Å². The first kappa shape index (κ1) is 9.60. The molecule has 0 radical (unpaired) electrons. The van der Waals surface area contributed by atoms with E-state index in [1.54, 1.807) is 0 Å². The van der Waals surface area contributed by atoms with E-state index in [0.29, 0.717) is 0 Å². The second-order valence-electron chi connectivity index (χ2n) is 2.86. The Morgan fingerprint density at radius 2 is 2.00 bits per heavy atom. The molecular formula is C8H3ClN2O4. The van der Waals surface area contributed by atoms with Crippen LogP contribution in [0.15, 0.2) is 12.1 Å². The molecule has 0 bridgehead atoms. The third-order valence-electron chi connectivity index (χ3n) is 2.00. The topological polar surface area (TPSA) is 89.3 Å². The maximum atomic E-state index is 11.3. The molecule has 0 saturated heterocycles. The average Bonchev–Trinajstić information content (AvgIpc) is 2.44. The van der Waals surface area contributed by atoms with Crippen LogP contribution in [-0.2, 0) is 4.79 Å². The van der Waals surface area contributed by atoms with E-state index in [1.807, 2.05) is 0 Å². The summed E-state index contributed by atoms with van der Waals surface area (Å²) >= 11 is 5.67. The minimum absolute atomic E-state index is 0.0268. The maximum absolute atomic E-state index is 11.3. The van der Waals surface area contributed by atoms with Gasteiger partial charge in [-0.2, -0.15) is 0 Å². The van der Waals surface area contributed by atoms with Gasteiger partial charge in [0.2, 0.25) is 0 Å². The van der Waals surface area contributed by atoms with Crippen LogP contribution in [0.1, 0.15) is 10.4 Å². The Morgan fingerprint density at radius 1 is 1.33 bits per heavy atom. The number of ketones is 1. The molecule has 6 nitrogen and oxygen atoms in total. The van der Waals surface area contributed by atoms with Crippen molar-refractivity contribution in [3.05, 3.63) is 32.8 Å². The van der Waals surface area contributed by atoms with E-state index in [4.69, 9.17) is 11.6 Å². The number of nitro groups is 1. The van der Waals surface area contributed by atoms with Crippen LogP contribution >= 0.6 is 11.6 Å². The first-order chi connectivity index (χ1) is 7.02. The molecule has 15 heavy (non-hydrogen) atoms. The molecule has 1 amide bonds. The quantitative estimate of drug-likeness (QED) is 0.445. The van der Waals surface area contributed by atoms with Gasteiger partial charge in [-0.25, -0.2) is 0 Å². The van der Waals surface area contributed by atoms with Crippen LogP contribution in [0.3, 0.4) is 0 Å². The number of carbonyl (C=O) groups excluding carboxylic acids is 2. The number of nitrogens with zero attached hydrogens (tertiary/aromatic N) is 1. The van der Waals surface area contributed by atoms with Crippen molar-refractivity contribution in [2.24, 2.45) is 0 Å². The van der Waals surface area contributed by atoms with Crippen molar-refractivity contribution in [2.45, 2.75) is 0 Å². The van der Waals surface area contributed by atoms with Gasteiger partial charge >= 0.3 is 0 Å². The van der Waals surface area contributed by atoms with Crippen molar-refractivity contribution in [1.82, 2.24) is 0 Å². The lowest BCUT2D eigenvalue weighted by molar-refractivity contribution is -0.383. The summed E-state index contributed by atoms with van der Waals surface area (Å²) in [5.41, 5.74) is -0.591. The lowest BCUT2D eigenvalue weighted by Gasteiger charge is -2.00. The van der Waals surface area contributed by atoms with Gasteiger partial charge in [0.15, 0.2) is 0 Å². The predicted octanol–water partition coefficient (Wildman–Crippen LogP) is 1.38. The third kappa shape index (κ3) is 1.26. The normalized spacial score (nSPS) is 13.7. The van der Waals surface area contributed by atoms with Gasteiger partial charge in [-0.1, -0.05) is 11.6 Å². The molecule has 0 atom stereocenters. The first-order valence-electron chi connectivity index (χ1n) is 3.85. The minimum atomic E-state index is -0.902. The Labute approximate surface area is 88.0 Å². The van der Waals surface area contributed by atoms with Crippen molar-refractivity contribution in [2.75, 3.05) is 5.32 Å². The Hall–Kier alpha value is -1.95. The van der Waals surface area contributed by atoms with Crippen molar-refractivity contribution in [3.8, 4) is 0 Å². The average molecular weight is 227 g/mol. The number of nitrogens with one attached hydrogen (secondary N) is 1. The number of anilines is 1. The van der Waals surface area contributed by atoms with Crippen molar-refractivity contribution >= 4 is 34.7 Å². The summed E-state index contributed by atoms with van der Waals surface area (Å²) in [6.45, 7) is 0. The Kier molecular flexibility index (Phi) is 1.94. The summed E-state index contributed by atoms with van der Waals surface area (Å²) in [6.07, 6.45) is 0. The molecule has 0 spiro atoms. The molecule has 0 aliphatic carbocycles. The fourth-order valence-corrected chi connectivity index (χ4v) is 1.59. The second-order valence-corrected chi connectivity index (χ2v) is 3.26. The summed E-state index contributed by atoms with van der Waals surface area (Å²) in [4.78, 5) is 32.2. The van der Waals surface area contributed by atoms with E-state index in [2.05, 4.69) is 5.32 Å². The van der Waals surface area contributed by atoms with Crippen molar-refractivity contribution in [1.29, 1.82) is 0 Å². The van der Waals surface area contributed by atoms with Gasteiger partial charge < -0.3 is 5.32 Å².